The van der Waals surface area contributed by atoms with Gasteiger partial charge in [0.15, 0.2) is 8.32 Å². The first-order valence-electron chi connectivity index (χ1n) is 17.2. The van der Waals surface area contributed by atoms with Gasteiger partial charge in [-0.1, -0.05) is 80.4 Å². The number of hydrogen-bond acceptors (Lipinski definition) is 5. The second kappa shape index (κ2) is 14.8. The van der Waals surface area contributed by atoms with Gasteiger partial charge in [0.05, 0.1) is 36.1 Å². The summed E-state index contributed by atoms with van der Waals surface area (Å²) in [5.74, 6) is 0.572. The Labute approximate surface area is 310 Å². The van der Waals surface area contributed by atoms with Crippen molar-refractivity contribution in [3.63, 3.8) is 0 Å². The number of ether oxygens (including phenoxy) is 1. The molecule has 2 heterocycles. The van der Waals surface area contributed by atoms with Gasteiger partial charge in [-0.3, -0.25) is 14.4 Å². The molecule has 1 amide bonds. The van der Waals surface area contributed by atoms with Crippen molar-refractivity contribution in [3.05, 3.63) is 128 Å². The molecule has 1 aromatic heterocycles. The molecule has 1 aliphatic heterocycles. The van der Waals surface area contributed by atoms with Crippen LogP contribution in [-0.2, 0) is 28.7 Å². The SMILES string of the molecule is COc1ccc(CN2C(=O)C(Cc3ccccc3Cl)N=C(c3ccc4[nH]c(=O)n(CCCO[Si](C)(C)C(C)(C)C)c4c3)c3cc(Cl)ccc32)cc1. The zero-order valence-electron chi connectivity index (χ0n) is 29.9. The van der Waals surface area contributed by atoms with E-state index in [9.17, 15) is 9.59 Å². The summed E-state index contributed by atoms with van der Waals surface area (Å²) in [5, 5.41) is 1.20. The first-order chi connectivity index (χ1) is 24.3. The van der Waals surface area contributed by atoms with Gasteiger partial charge in [0.1, 0.15) is 11.8 Å². The van der Waals surface area contributed by atoms with Gasteiger partial charge in [0.2, 0.25) is 0 Å². The summed E-state index contributed by atoms with van der Waals surface area (Å²) in [7, 11) is -0.290. The molecule has 0 fully saturated rings. The molecular weight excluding hydrogens is 699 g/mol. The number of aliphatic imine (C=N–C) groups is 1. The van der Waals surface area contributed by atoms with Crippen LogP contribution in [0.4, 0.5) is 5.69 Å². The van der Waals surface area contributed by atoms with Crippen LogP contribution in [0.5, 0.6) is 5.75 Å². The fourth-order valence-electron chi connectivity index (χ4n) is 6.11. The van der Waals surface area contributed by atoms with E-state index in [2.05, 4.69) is 38.8 Å². The number of amides is 1. The molecule has 0 aliphatic carbocycles. The van der Waals surface area contributed by atoms with Crippen molar-refractivity contribution in [1.29, 1.82) is 0 Å². The number of fused-ring (bicyclic) bond motifs is 2. The van der Waals surface area contributed by atoms with E-state index < -0.39 is 14.4 Å². The number of aromatic amines is 1. The number of benzodiazepines with no additional fused rings is 1. The molecule has 1 aliphatic rings. The van der Waals surface area contributed by atoms with Gasteiger partial charge in [-0.2, -0.15) is 0 Å². The average molecular weight is 744 g/mol. The number of carbonyl (C=O) groups excluding carboxylic acids is 1. The van der Waals surface area contributed by atoms with Crippen LogP contribution in [0.15, 0.2) is 94.7 Å². The summed E-state index contributed by atoms with van der Waals surface area (Å²) >= 11 is 13.3. The van der Waals surface area contributed by atoms with Crippen molar-refractivity contribution in [2.24, 2.45) is 4.99 Å². The lowest BCUT2D eigenvalue weighted by Gasteiger charge is -2.36. The van der Waals surface area contributed by atoms with E-state index in [0.717, 1.165) is 39.0 Å². The number of aromatic nitrogens is 2. The van der Waals surface area contributed by atoms with Crippen molar-refractivity contribution in [2.45, 2.75) is 70.9 Å². The molecular formula is C40H44Cl2N4O4Si. The second-order valence-corrected chi connectivity index (χ2v) is 20.2. The number of halogens is 2. The van der Waals surface area contributed by atoms with Crippen LogP contribution in [0, 0.1) is 0 Å². The molecule has 0 spiro atoms. The van der Waals surface area contributed by atoms with Crippen molar-refractivity contribution < 1.29 is 14.0 Å². The van der Waals surface area contributed by atoms with Gasteiger partial charge < -0.3 is 19.0 Å². The lowest BCUT2D eigenvalue weighted by atomic mass is 9.99. The molecule has 51 heavy (non-hydrogen) atoms. The number of nitrogens with one attached hydrogen (secondary N) is 1. The van der Waals surface area contributed by atoms with Crippen molar-refractivity contribution >= 4 is 59.9 Å². The highest BCUT2D eigenvalue weighted by atomic mass is 35.5. The van der Waals surface area contributed by atoms with Crippen LogP contribution in [0.2, 0.25) is 28.2 Å². The smallest absolute Gasteiger partial charge is 0.326 e. The predicted molar refractivity (Wildman–Crippen MR) is 211 cm³/mol. The molecule has 1 atom stereocenters. The number of methoxy groups -OCH3 is 1. The van der Waals surface area contributed by atoms with Gasteiger partial charge in [-0.05, 0) is 84.2 Å². The van der Waals surface area contributed by atoms with Gasteiger partial charge in [-0.25, -0.2) is 4.79 Å². The maximum absolute atomic E-state index is 14.6. The molecule has 1 unspecified atom stereocenters. The molecule has 11 heteroatoms. The zero-order chi connectivity index (χ0) is 36.5. The number of nitrogens with zero attached hydrogens (tertiary/aromatic N) is 3. The zero-order valence-corrected chi connectivity index (χ0v) is 32.4. The number of carbonyl (C=O) groups is 1. The quantitative estimate of drug-likeness (QED) is 0.108. The number of H-pyrrole nitrogens is 1. The third-order valence-corrected chi connectivity index (χ3v) is 15.2. The third-order valence-electron chi connectivity index (χ3n) is 10.1. The molecule has 0 bridgehead atoms. The van der Waals surface area contributed by atoms with Crippen molar-refractivity contribution in [3.8, 4) is 5.75 Å². The average Bonchev–Trinajstić information content (AvgIpc) is 3.36. The van der Waals surface area contributed by atoms with E-state index in [1.54, 1.807) is 22.6 Å². The molecule has 0 saturated heterocycles. The predicted octanol–water partition coefficient (Wildman–Crippen LogP) is 9.05. The summed E-state index contributed by atoms with van der Waals surface area (Å²) in [5.41, 5.74) is 5.83. The lowest BCUT2D eigenvalue weighted by Crippen LogP contribution is -2.41. The molecule has 0 radical (unpaired) electrons. The van der Waals surface area contributed by atoms with Crippen LogP contribution in [0.1, 0.15) is 49.4 Å². The third kappa shape index (κ3) is 7.87. The summed E-state index contributed by atoms with van der Waals surface area (Å²) < 4.78 is 13.5. The van der Waals surface area contributed by atoms with E-state index in [-0.39, 0.29) is 16.6 Å². The minimum absolute atomic E-state index is 0.105. The lowest BCUT2D eigenvalue weighted by molar-refractivity contribution is -0.119. The van der Waals surface area contributed by atoms with Crippen LogP contribution in [-0.4, -0.2) is 49.2 Å². The number of rotatable bonds is 11. The number of aryl methyl sites for hydroxylation is 1. The molecule has 266 valence electrons. The highest BCUT2D eigenvalue weighted by Gasteiger charge is 2.37. The first-order valence-corrected chi connectivity index (χ1v) is 20.8. The summed E-state index contributed by atoms with van der Waals surface area (Å²) in [6.45, 7) is 12.5. The van der Waals surface area contributed by atoms with Gasteiger partial charge in [0, 0.05) is 40.7 Å². The Morgan fingerprint density at radius 1 is 0.941 bits per heavy atom. The van der Waals surface area contributed by atoms with Crippen LogP contribution in [0.3, 0.4) is 0 Å². The number of imidazole rings is 1. The summed E-state index contributed by atoms with van der Waals surface area (Å²) in [4.78, 5) is 37.8. The normalized spacial score (nSPS) is 15.1. The molecule has 4 aromatic carbocycles. The van der Waals surface area contributed by atoms with Gasteiger partial charge in [-0.15, -0.1) is 0 Å². The van der Waals surface area contributed by atoms with E-state index >= 15 is 0 Å². The highest BCUT2D eigenvalue weighted by Crippen LogP contribution is 2.37. The van der Waals surface area contributed by atoms with Crippen LogP contribution < -0.4 is 15.3 Å². The van der Waals surface area contributed by atoms with Crippen molar-refractivity contribution in [2.75, 3.05) is 18.6 Å². The standard InChI is InChI=1S/C40H44Cl2N4O4Si/c1-40(2,3)51(5,6)50-21-9-20-45-36-23-28(14-18-33(36)44-39(45)48)37-31-24-29(41)15-19-35(31)46(25-26-12-16-30(49-4)17-13-26)38(47)34(43-37)22-27-10-7-8-11-32(27)42/h7-8,10-19,23-24,34H,9,20-22,25H2,1-6H3,(H,44,48). The Bertz CT molecular complexity index is 2150. The molecule has 6 rings (SSSR count). The van der Waals surface area contributed by atoms with Gasteiger partial charge in [0.25, 0.3) is 5.91 Å². The van der Waals surface area contributed by atoms with E-state index in [0.29, 0.717) is 54.0 Å². The van der Waals surface area contributed by atoms with Crippen LogP contribution in [0.25, 0.3) is 11.0 Å². The Hall–Kier alpha value is -4.15. The highest BCUT2D eigenvalue weighted by molar-refractivity contribution is 6.74. The van der Waals surface area contributed by atoms with E-state index in [4.69, 9.17) is 37.4 Å². The second-order valence-electron chi connectivity index (χ2n) is 14.5. The molecule has 1 N–H and O–H groups in total. The fourth-order valence-corrected chi connectivity index (χ4v) is 7.59. The van der Waals surface area contributed by atoms with E-state index in [1.807, 2.05) is 78.9 Å². The maximum atomic E-state index is 14.6. The largest absolute Gasteiger partial charge is 0.497 e. The summed E-state index contributed by atoms with van der Waals surface area (Å²) in [6.07, 6.45) is 0.992. The van der Waals surface area contributed by atoms with E-state index in [1.165, 1.54) is 0 Å². The minimum atomic E-state index is -1.92. The Morgan fingerprint density at radius 2 is 1.69 bits per heavy atom. The molecule has 8 nitrogen and oxygen atoms in total. The molecule has 0 saturated carbocycles. The van der Waals surface area contributed by atoms with Crippen molar-refractivity contribution in [1.82, 2.24) is 9.55 Å². The minimum Gasteiger partial charge on any atom is -0.497 e. The van der Waals surface area contributed by atoms with Gasteiger partial charge >= 0.3 is 5.69 Å². The number of anilines is 1. The first kappa shape index (κ1) is 36.6. The summed E-state index contributed by atoms with van der Waals surface area (Å²) in [6, 6.07) is 25.7. The maximum Gasteiger partial charge on any atom is 0.326 e. The van der Waals surface area contributed by atoms with Crippen LogP contribution >= 0.6 is 23.2 Å². The topological polar surface area (TPSA) is 88.9 Å². The molecule has 5 aromatic rings. The number of hydrogen-bond donors (Lipinski definition) is 1. The Balaban J connectivity index is 1.42. The fraction of sp³-hybridized carbons (Fsp3) is 0.325. The monoisotopic (exact) mass is 742 g/mol. The Kier molecular flexibility index (Phi) is 10.7. The number of benzene rings is 4. The Morgan fingerprint density at radius 3 is 2.39 bits per heavy atom.